The lowest BCUT2D eigenvalue weighted by Crippen LogP contribution is -2.18. The summed E-state index contributed by atoms with van der Waals surface area (Å²) in [6, 6.07) is 8.42. The van der Waals surface area contributed by atoms with E-state index in [0.29, 0.717) is 35.0 Å². The Labute approximate surface area is 200 Å². The van der Waals surface area contributed by atoms with Gasteiger partial charge < -0.3 is 11.1 Å². The van der Waals surface area contributed by atoms with Crippen molar-refractivity contribution in [2.45, 2.75) is 6.54 Å². The molecule has 0 atom stereocenters. The predicted molar refractivity (Wildman–Crippen MR) is 136 cm³/mol. The molecule has 0 amide bonds. The Kier molecular flexibility index (Phi) is 7.31. The van der Waals surface area contributed by atoms with Crippen LogP contribution in [0.15, 0.2) is 87.5 Å². The summed E-state index contributed by atoms with van der Waals surface area (Å²) < 4.78 is 16.0. The zero-order valence-electron chi connectivity index (χ0n) is 18.4. The van der Waals surface area contributed by atoms with E-state index in [1.54, 1.807) is 35.3 Å². The molecule has 3 aromatic rings. The second-order valence-electron chi connectivity index (χ2n) is 7.20. The van der Waals surface area contributed by atoms with E-state index < -0.39 is 0 Å². The van der Waals surface area contributed by atoms with Crippen molar-refractivity contribution in [3.8, 4) is 0 Å². The molecule has 0 bridgehead atoms. The lowest BCUT2D eigenvalue weighted by Gasteiger charge is -2.08. The number of amidine groups is 1. The monoisotopic (exact) mass is 474 g/mol. The molecular formula is C24H23FN8S. The van der Waals surface area contributed by atoms with E-state index in [1.807, 2.05) is 23.6 Å². The summed E-state index contributed by atoms with van der Waals surface area (Å²) in [7, 11) is 0. The third-order valence-electron chi connectivity index (χ3n) is 4.91. The number of rotatable bonds is 9. The molecule has 3 N–H and O–H groups in total. The second-order valence-corrected chi connectivity index (χ2v) is 8.10. The van der Waals surface area contributed by atoms with Crippen molar-refractivity contribution in [3.63, 3.8) is 0 Å². The van der Waals surface area contributed by atoms with Gasteiger partial charge in [0.1, 0.15) is 16.5 Å². The Balaban J connectivity index is 1.64. The van der Waals surface area contributed by atoms with Gasteiger partial charge in [-0.05, 0) is 24.9 Å². The number of aromatic nitrogens is 3. The number of nitrogens with zero attached hydrogens (tertiary/aromatic N) is 6. The first-order chi connectivity index (χ1) is 16.6. The van der Waals surface area contributed by atoms with Crippen LogP contribution in [0.3, 0.4) is 0 Å². The molecule has 172 valence electrons. The van der Waals surface area contributed by atoms with E-state index in [0.717, 1.165) is 16.4 Å². The molecular weight excluding hydrogens is 451 g/mol. The molecule has 0 spiro atoms. The van der Waals surface area contributed by atoms with Gasteiger partial charge in [0.25, 0.3) is 0 Å². The quantitative estimate of drug-likeness (QED) is 0.366. The largest absolute Gasteiger partial charge is 0.355 e. The molecule has 3 heterocycles. The normalized spacial score (nSPS) is 13.8. The minimum absolute atomic E-state index is 0.201. The maximum atomic E-state index is 14.3. The molecule has 0 radical (unpaired) electrons. The van der Waals surface area contributed by atoms with E-state index in [-0.39, 0.29) is 18.9 Å². The standard InChI is InChI=1S/C24H23FN8S/c1-16(24-29-10-11-34-24)31-18(13-26)14-30-23(27-2)21-12-22(20-8-5-9-28-20)33(32-21)15-17-6-3-4-7-19(17)25/h3-8,10-12,14,31H,1-2,9,13,15,26H2/b18-14+,30-23?. The van der Waals surface area contributed by atoms with Gasteiger partial charge in [0.15, 0.2) is 5.84 Å². The SMILES string of the molecule is C=NC(=N/C=C(\CN)NC(=C)c1nccs1)c1cc(C2=NCC=C2)n(Cc2ccccc2F)n1. The van der Waals surface area contributed by atoms with E-state index in [9.17, 15) is 4.39 Å². The molecule has 4 rings (SSSR count). The summed E-state index contributed by atoms with van der Waals surface area (Å²) in [6.07, 6.45) is 7.13. The van der Waals surface area contributed by atoms with Crippen LogP contribution in [0.25, 0.3) is 5.70 Å². The van der Waals surface area contributed by atoms with Gasteiger partial charge in [0.2, 0.25) is 0 Å². The van der Waals surface area contributed by atoms with E-state index >= 15 is 0 Å². The number of nitrogens with one attached hydrogen (secondary N) is 1. The highest BCUT2D eigenvalue weighted by Gasteiger charge is 2.17. The van der Waals surface area contributed by atoms with Crippen LogP contribution in [0.5, 0.6) is 0 Å². The van der Waals surface area contributed by atoms with Crippen LogP contribution >= 0.6 is 11.3 Å². The number of halogens is 1. The van der Waals surface area contributed by atoms with Crippen molar-refractivity contribution in [2.24, 2.45) is 20.7 Å². The minimum Gasteiger partial charge on any atom is -0.355 e. The Morgan fingerprint density at radius 3 is 2.88 bits per heavy atom. The highest BCUT2D eigenvalue weighted by molar-refractivity contribution is 7.10. The van der Waals surface area contributed by atoms with Crippen LogP contribution in [0.2, 0.25) is 0 Å². The lowest BCUT2D eigenvalue weighted by molar-refractivity contribution is 0.583. The Morgan fingerprint density at radius 2 is 2.21 bits per heavy atom. The highest BCUT2D eigenvalue weighted by Crippen LogP contribution is 2.17. The fourth-order valence-electron chi connectivity index (χ4n) is 3.26. The minimum atomic E-state index is -0.299. The highest BCUT2D eigenvalue weighted by atomic mass is 32.1. The first-order valence-electron chi connectivity index (χ1n) is 10.4. The number of benzene rings is 1. The van der Waals surface area contributed by atoms with E-state index in [4.69, 9.17) is 5.73 Å². The van der Waals surface area contributed by atoms with Gasteiger partial charge in [-0.25, -0.2) is 19.4 Å². The molecule has 0 saturated heterocycles. The number of hydrogen-bond donors (Lipinski definition) is 2. The first kappa shape index (κ1) is 23.1. The summed E-state index contributed by atoms with van der Waals surface area (Å²) >= 11 is 1.47. The number of aliphatic imine (C=N–C) groups is 3. The zero-order chi connectivity index (χ0) is 23.9. The molecule has 1 aromatic carbocycles. The van der Waals surface area contributed by atoms with E-state index in [2.05, 4.69) is 43.7 Å². The third kappa shape index (κ3) is 5.30. The van der Waals surface area contributed by atoms with Gasteiger partial charge >= 0.3 is 0 Å². The van der Waals surface area contributed by atoms with Crippen molar-refractivity contribution in [3.05, 3.63) is 100 Å². The second kappa shape index (κ2) is 10.7. The Hall–Kier alpha value is -4.02. The molecule has 1 aliphatic rings. The molecule has 0 saturated carbocycles. The summed E-state index contributed by atoms with van der Waals surface area (Å²) in [4.78, 5) is 17.2. The van der Waals surface area contributed by atoms with Gasteiger partial charge in [-0.15, -0.1) is 11.3 Å². The number of nitrogens with two attached hydrogens (primary N) is 1. The molecule has 0 unspecified atom stereocenters. The Morgan fingerprint density at radius 1 is 1.35 bits per heavy atom. The van der Waals surface area contributed by atoms with Crippen LogP contribution in [0.1, 0.15) is 22.0 Å². The molecule has 0 fully saturated rings. The summed E-state index contributed by atoms with van der Waals surface area (Å²) in [5.41, 5.74) is 9.61. The van der Waals surface area contributed by atoms with Crippen LogP contribution in [-0.4, -0.2) is 46.1 Å². The van der Waals surface area contributed by atoms with Gasteiger partial charge in [-0.2, -0.15) is 5.10 Å². The fourth-order valence-corrected chi connectivity index (χ4v) is 3.82. The molecule has 0 aliphatic carbocycles. The summed E-state index contributed by atoms with van der Waals surface area (Å²) in [6.45, 7) is 8.65. The van der Waals surface area contributed by atoms with Crippen molar-refractivity contribution in [2.75, 3.05) is 13.1 Å². The van der Waals surface area contributed by atoms with Crippen LogP contribution < -0.4 is 11.1 Å². The molecule has 10 heteroatoms. The van der Waals surface area contributed by atoms with Gasteiger partial charge in [-0.3, -0.25) is 9.67 Å². The van der Waals surface area contributed by atoms with Gasteiger partial charge in [0.05, 0.1) is 36.4 Å². The van der Waals surface area contributed by atoms with E-state index in [1.165, 1.54) is 17.4 Å². The molecule has 1 aliphatic heterocycles. The topological polar surface area (TPSA) is 106 Å². The number of thiazole rings is 1. The molecule has 2 aromatic heterocycles. The average molecular weight is 475 g/mol. The first-order valence-corrected chi connectivity index (χ1v) is 11.3. The number of hydrogen-bond acceptors (Lipinski definition) is 7. The van der Waals surface area contributed by atoms with Crippen LogP contribution in [-0.2, 0) is 6.54 Å². The average Bonchev–Trinajstić information content (AvgIpc) is 3.62. The zero-order valence-corrected chi connectivity index (χ0v) is 19.2. The maximum absolute atomic E-state index is 14.3. The molecule has 34 heavy (non-hydrogen) atoms. The maximum Gasteiger partial charge on any atom is 0.179 e. The van der Waals surface area contributed by atoms with Crippen molar-refractivity contribution in [1.82, 2.24) is 20.1 Å². The smallest absolute Gasteiger partial charge is 0.179 e. The summed E-state index contributed by atoms with van der Waals surface area (Å²) in [5.74, 6) is -0.00378. The molecule has 8 nitrogen and oxygen atoms in total. The van der Waals surface area contributed by atoms with Crippen molar-refractivity contribution < 1.29 is 4.39 Å². The van der Waals surface area contributed by atoms with Crippen LogP contribution in [0.4, 0.5) is 4.39 Å². The van der Waals surface area contributed by atoms with Crippen LogP contribution in [0, 0.1) is 5.82 Å². The van der Waals surface area contributed by atoms with Gasteiger partial charge in [0, 0.05) is 29.4 Å². The van der Waals surface area contributed by atoms with Crippen molar-refractivity contribution in [1.29, 1.82) is 0 Å². The number of allylic oxidation sites excluding steroid dienone is 1. The lowest BCUT2D eigenvalue weighted by atomic mass is 10.2. The van der Waals surface area contributed by atoms with Gasteiger partial charge in [-0.1, -0.05) is 30.9 Å². The Bertz CT molecular complexity index is 1310. The third-order valence-corrected chi connectivity index (χ3v) is 5.74. The fraction of sp³-hybridized carbons (Fsp3) is 0.125. The predicted octanol–water partition coefficient (Wildman–Crippen LogP) is 3.39. The van der Waals surface area contributed by atoms with Crippen molar-refractivity contribution >= 4 is 35.3 Å². The summed E-state index contributed by atoms with van der Waals surface area (Å²) in [5, 5.41) is 10.4.